The molecule has 21 heavy (non-hydrogen) atoms. The molecular formula is C16H21FN2O2. The van der Waals surface area contributed by atoms with Crippen LogP contribution in [0.15, 0.2) is 24.3 Å². The molecular weight excluding hydrogens is 271 g/mol. The van der Waals surface area contributed by atoms with Gasteiger partial charge in [-0.2, -0.15) is 0 Å². The van der Waals surface area contributed by atoms with E-state index in [1.54, 1.807) is 6.07 Å². The maximum absolute atomic E-state index is 13.5. The number of hydrogen-bond acceptors (Lipinski definition) is 3. The van der Waals surface area contributed by atoms with Gasteiger partial charge in [-0.1, -0.05) is 19.1 Å². The third kappa shape index (κ3) is 3.09. The molecule has 3 rings (SSSR count). The molecule has 5 heteroatoms. The number of hydrogen-bond donors (Lipinski definition) is 1. The lowest BCUT2D eigenvalue weighted by Gasteiger charge is -2.31. The SMILES string of the molecule is C[C@@H]1C[C@@H](c2cccc(F)c2)N(C(=O)[C@@H]2CNCCO2)C1. The molecule has 3 atom stereocenters. The molecule has 2 fully saturated rings. The first-order valence-corrected chi connectivity index (χ1v) is 7.53. The number of nitrogens with zero attached hydrogens (tertiary/aromatic N) is 1. The largest absolute Gasteiger partial charge is 0.366 e. The Hall–Kier alpha value is -1.46. The van der Waals surface area contributed by atoms with Crippen LogP contribution in [0, 0.1) is 11.7 Å². The van der Waals surface area contributed by atoms with E-state index in [4.69, 9.17) is 4.74 Å². The molecule has 2 heterocycles. The van der Waals surface area contributed by atoms with Crippen LogP contribution in [-0.4, -0.2) is 43.2 Å². The first-order chi connectivity index (χ1) is 10.1. The van der Waals surface area contributed by atoms with Crippen molar-refractivity contribution in [3.05, 3.63) is 35.6 Å². The van der Waals surface area contributed by atoms with Gasteiger partial charge in [0.2, 0.25) is 0 Å². The summed E-state index contributed by atoms with van der Waals surface area (Å²) in [6.07, 6.45) is 0.454. The Morgan fingerprint density at radius 1 is 1.48 bits per heavy atom. The van der Waals surface area contributed by atoms with Crippen LogP contribution in [0.3, 0.4) is 0 Å². The van der Waals surface area contributed by atoms with E-state index in [9.17, 15) is 9.18 Å². The number of amides is 1. The minimum atomic E-state index is -0.417. The Bertz CT molecular complexity index is 517. The maximum atomic E-state index is 13.5. The summed E-state index contributed by atoms with van der Waals surface area (Å²) < 4.78 is 19.0. The van der Waals surface area contributed by atoms with Crippen molar-refractivity contribution in [2.45, 2.75) is 25.5 Å². The summed E-state index contributed by atoms with van der Waals surface area (Å²) in [5, 5.41) is 3.18. The highest BCUT2D eigenvalue weighted by atomic mass is 19.1. The Kier molecular flexibility index (Phi) is 4.22. The number of rotatable bonds is 2. The highest BCUT2D eigenvalue weighted by molar-refractivity contribution is 5.82. The van der Waals surface area contributed by atoms with E-state index >= 15 is 0 Å². The lowest BCUT2D eigenvalue weighted by atomic mass is 10.0. The Morgan fingerprint density at radius 2 is 2.33 bits per heavy atom. The van der Waals surface area contributed by atoms with Crippen LogP contribution in [0.4, 0.5) is 4.39 Å². The second-order valence-electron chi connectivity index (χ2n) is 5.97. The fraction of sp³-hybridized carbons (Fsp3) is 0.562. The number of carbonyl (C=O) groups is 1. The number of halogens is 1. The first kappa shape index (κ1) is 14.5. The molecule has 2 saturated heterocycles. The maximum Gasteiger partial charge on any atom is 0.253 e. The zero-order chi connectivity index (χ0) is 14.8. The summed E-state index contributed by atoms with van der Waals surface area (Å²) in [6.45, 7) is 4.73. The molecule has 1 N–H and O–H groups in total. The van der Waals surface area contributed by atoms with Crippen LogP contribution in [0.5, 0.6) is 0 Å². The molecule has 0 aliphatic carbocycles. The van der Waals surface area contributed by atoms with E-state index in [2.05, 4.69) is 12.2 Å². The summed E-state index contributed by atoms with van der Waals surface area (Å²) in [7, 11) is 0. The third-order valence-corrected chi connectivity index (χ3v) is 4.23. The second kappa shape index (κ2) is 6.12. The van der Waals surface area contributed by atoms with Crippen molar-refractivity contribution >= 4 is 5.91 Å². The molecule has 4 nitrogen and oxygen atoms in total. The van der Waals surface area contributed by atoms with Gasteiger partial charge in [-0.15, -0.1) is 0 Å². The monoisotopic (exact) mass is 292 g/mol. The predicted octanol–water partition coefficient (Wildman–Crippen LogP) is 1.72. The molecule has 1 aromatic rings. The lowest BCUT2D eigenvalue weighted by Crippen LogP contribution is -2.49. The molecule has 2 aliphatic rings. The molecule has 114 valence electrons. The zero-order valence-electron chi connectivity index (χ0n) is 12.2. The fourth-order valence-electron chi connectivity index (χ4n) is 3.23. The van der Waals surface area contributed by atoms with Gasteiger partial charge in [-0.3, -0.25) is 4.79 Å². The average Bonchev–Trinajstić information content (AvgIpc) is 2.89. The molecule has 0 spiro atoms. The zero-order valence-corrected chi connectivity index (χ0v) is 12.2. The van der Waals surface area contributed by atoms with Gasteiger partial charge < -0.3 is 15.0 Å². The molecule has 0 unspecified atom stereocenters. The van der Waals surface area contributed by atoms with Crippen molar-refractivity contribution < 1.29 is 13.9 Å². The topological polar surface area (TPSA) is 41.6 Å². The lowest BCUT2D eigenvalue weighted by molar-refractivity contribution is -0.146. The van der Waals surface area contributed by atoms with Crippen LogP contribution in [0.2, 0.25) is 0 Å². The van der Waals surface area contributed by atoms with Crippen LogP contribution >= 0.6 is 0 Å². The van der Waals surface area contributed by atoms with Crippen LogP contribution < -0.4 is 5.32 Å². The molecule has 0 bridgehead atoms. The average molecular weight is 292 g/mol. The predicted molar refractivity (Wildman–Crippen MR) is 77.2 cm³/mol. The molecule has 2 aliphatic heterocycles. The summed E-state index contributed by atoms with van der Waals surface area (Å²) in [6, 6.07) is 6.51. The van der Waals surface area contributed by atoms with Crippen molar-refractivity contribution in [1.29, 1.82) is 0 Å². The summed E-state index contributed by atoms with van der Waals surface area (Å²) >= 11 is 0. The van der Waals surface area contributed by atoms with Crippen LogP contribution in [-0.2, 0) is 9.53 Å². The third-order valence-electron chi connectivity index (χ3n) is 4.23. The molecule has 0 saturated carbocycles. The van der Waals surface area contributed by atoms with Crippen LogP contribution in [0.1, 0.15) is 24.9 Å². The van der Waals surface area contributed by atoms with Crippen molar-refractivity contribution in [1.82, 2.24) is 10.2 Å². The van der Waals surface area contributed by atoms with E-state index in [1.165, 1.54) is 12.1 Å². The number of likely N-dealkylation sites (tertiary alicyclic amines) is 1. The quantitative estimate of drug-likeness (QED) is 0.902. The van der Waals surface area contributed by atoms with Gasteiger partial charge >= 0.3 is 0 Å². The van der Waals surface area contributed by atoms with E-state index in [-0.39, 0.29) is 17.8 Å². The van der Waals surface area contributed by atoms with Crippen LogP contribution in [0.25, 0.3) is 0 Å². The molecule has 1 amide bonds. The number of nitrogens with one attached hydrogen (secondary N) is 1. The van der Waals surface area contributed by atoms with E-state index in [0.717, 1.165) is 18.5 Å². The highest BCUT2D eigenvalue weighted by Crippen LogP contribution is 2.36. The normalized spacial score (nSPS) is 29.6. The molecule has 0 aromatic heterocycles. The summed E-state index contributed by atoms with van der Waals surface area (Å²) in [5.41, 5.74) is 0.872. The standard InChI is InChI=1S/C16H21FN2O2/c1-11-7-14(12-3-2-4-13(17)8-12)19(10-11)16(20)15-9-18-5-6-21-15/h2-4,8,11,14-15,18H,5-7,9-10H2,1H3/t11-,14+,15+/m1/s1. The Morgan fingerprint density at radius 3 is 3.05 bits per heavy atom. The number of benzene rings is 1. The first-order valence-electron chi connectivity index (χ1n) is 7.53. The van der Waals surface area contributed by atoms with Crippen molar-refractivity contribution in [2.24, 2.45) is 5.92 Å². The highest BCUT2D eigenvalue weighted by Gasteiger charge is 2.38. The van der Waals surface area contributed by atoms with E-state index in [0.29, 0.717) is 25.6 Å². The van der Waals surface area contributed by atoms with Gasteiger partial charge in [0.15, 0.2) is 0 Å². The van der Waals surface area contributed by atoms with Gasteiger partial charge in [0, 0.05) is 19.6 Å². The minimum absolute atomic E-state index is 0.0146. The number of carbonyl (C=O) groups excluding carboxylic acids is 1. The van der Waals surface area contributed by atoms with Gasteiger partial charge in [0.1, 0.15) is 11.9 Å². The van der Waals surface area contributed by atoms with Gasteiger partial charge in [-0.25, -0.2) is 4.39 Å². The van der Waals surface area contributed by atoms with E-state index < -0.39 is 6.10 Å². The second-order valence-corrected chi connectivity index (χ2v) is 5.97. The number of morpholine rings is 1. The summed E-state index contributed by atoms with van der Waals surface area (Å²) in [5.74, 6) is 0.176. The van der Waals surface area contributed by atoms with Crippen molar-refractivity contribution in [3.8, 4) is 0 Å². The number of ether oxygens (including phenoxy) is 1. The Balaban J connectivity index is 1.80. The van der Waals surface area contributed by atoms with Gasteiger partial charge in [-0.05, 0) is 30.0 Å². The summed E-state index contributed by atoms with van der Waals surface area (Å²) in [4.78, 5) is 14.5. The van der Waals surface area contributed by atoms with Crippen molar-refractivity contribution in [3.63, 3.8) is 0 Å². The van der Waals surface area contributed by atoms with Crippen molar-refractivity contribution in [2.75, 3.05) is 26.2 Å². The molecule has 1 aromatic carbocycles. The minimum Gasteiger partial charge on any atom is -0.366 e. The fourth-order valence-corrected chi connectivity index (χ4v) is 3.23. The van der Waals surface area contributed by atoms with E-state index in [1.807, 2.05) is 11.0 Å². The van der Waals surface area contributed by atoms with Gasteiger partial charge in [0.05, 0.1) is 12.6 Å². The van der Waals surface area contributed by atoms with Gasteiger partial charge in [0.25, 0.3) is 5.91 Å². The Labute approximate surface area is 124 Å². The smallest absolute Gasteiger partial charge is 0.253 e. The molecule has 0 radical (unpaired) electrons.